The summed E-state index contributed by atoms with van der Waals surface area (Å²) in [7, 11) is 0. The quantitative estimate of drug-likeness (QED) is 0.376. The molecule has 0 saturated heterocycles. The molecule has 0 fully saturated rings. The summed E-state index contributed by atoms with van der Waals surface area (Å²) in [6.07, 6.45) is 4.84. The minimum absolute atomic E-state index is 0.221. The number of rotatable bonds is 3. The van der Waals surface area contributed by atoms with Gasteiger partial charge in [-0.05, 0) is 76.7 Å². The zero-order chi connectivity index (χ0) is 18.2. The Bertz CT molecular complexity index is 1130. The zero-order valence-electron chi connectivity index (χ0n) is 15.2. The summed E-state index contributed by atoms with van der Waals surface area (Å²) in [5, 5.41) is 4.99. The van der Waals surface area contributed by atoms with E-state index in [1.807, 2.05) is 0 Å². The maximum atomic E-state index is 13.2. The van der Waals surface area contributed by atoms with Gasteiger partial charge < -0.3 is 4.74 Å². The highest BCUT2D eigenvalue weighted by Crippen LogP contribution is 2.38. The Hall–Kier alpha value is -2.87. The molecule has 0 unspecified atom stereocenters. The molecule has 5 rings (SSSR count). The average Bonchev–Trinajstić information content (AvgIpc) is 2.73. The highest BCUT2D eigenvalue weighted by Gasteiger charge is 2.16. The van der Waals surface area contributed by atoms with E-state index in [0.717, 1.165) is 23.1 Å². The van der Waals surface area contributed by atoms with E-state index in [0.29, 0.717) is 6.61 Å². The van der Waals surface area contributed by atoms with Gasteiger partial charge in [-0.15, -0.1) is 0 Å². The fraction of sp³-hybridized carbons (Fsp3) is 0.200. The third kappa shape index (κ3) is 2.95. The predicted octanol–water partition coefficient (Wildman–Crippen LogP) is 6.59. The van der Waals surface area contributed by atoms with Crippen molar-refractivity contribution in [1.29, 1.82) is 0 Å². The molecule has 4 aromatic rings. The Balaban J connectivity index is 1.64. The van der Waals surface area contributed by atoms with Crippen molar-refractivity contribution >= 4 is 21.5 Å². The highest BCUT2D eigenvalue weighted by atomic mass is 19.1. The zero-order valence-corrected chi connectivity index (χ0v) is 15.2. The van der Waals surface area contributed by atoms with Crippen LogP contribution in [0.4, 0.5) is 4.39 Å². The first kappa shape index (κ1) is 16.3. The van der Waals surface area contributed by atoms with Crippen molar-refractivity contribution in [2.24, 2.45) is 0 Å². The van der Waals surface area contributed by atoms with Gasteiger partial charge in [0.05, 0.1) is 0 Å². The topological polar surface area (TPSA) is 9.23 Å². The molecule has 134 valence electrons. The minimum atomic E-state index is -0.221. The van der Waals surface area contributed by atoms with Gasteiger partial charge in [0.1, 0.15) is 18.2 Å². The summed E-state index contributed by atoms with van der Waals surface area (Å²) in [5.74, 6) is 0.683. The number of fused-ring (bicyclic) bond motifs is 5. The molecule has 27 heavy (non-hydrogen) atoms. The molecular formula is C25H21FO. The first-order valence-corrected chi connectivity index (χ1v) is 9.63. The Labute approximate surface area is 158 Å². The van der Waals surface area contributed by atoms with Gasteiger partial charge in [-0.2, -0.15) is 0 Å². The van der Waals surface area contributed by atoms with E-state index < -0.39 is 0 Å². The van der Waals surface area contributed by atoms with Crippen molar-refractivity contribution < 1.29 is 9.13 Å². The van der Waals surface area contributed by atoms with Crippen LogP contribution in [-0.2, 0) is 19.4 Å². The minimum Gasteiger partial charge on any atom is -0.488 e. The molecule has 0 heterocycles. The van der Waals surface area contributed by atoms with E-state index >= 15 is 0 Å². The van der Waals surface area contributed by atoms with E-state index in [2.05, 4.69) is 42.5 Å². The van der Waals surface area contributed by atoms with Crippen LogP contribution < -0.4 is 4.74 Å². The first-order valence-electron chi connectivity index (χ1n) is 9.63. The van der Waals surface area contributed by atoms with Crippen LogP contribution >= 0.6 is 0 Å². The Morgan fingerprint density at radius 1 is 0.741 bits per heavy atom. The van der Waals surface area contributed by atoms with Crippen LogP contribution in [0.2, 0.25) is 0 Å². The Morgan fingerprint density at radius 3 is 2.33 bits per heavy atom. The Kier molecular flexibility index (Phi) is 4.05. The normalized spacial score (nSPS) is 13.7. The molecule has 0 N–H and O–H groups in total. The first-order chi connectivity index (χ1) is 13.3. The number of halogens is 1. The van der Waals surface area contributed by atoms with Crippen LogP contribution in [-0.4, -0.2) is 0 Å². The van der Waals surface area contributed by atoms with Gasteiger partial charge >= 0.3 is 0 Å². The number of aryl methyl sites for hydroxylation is 2. The molecule has 4 aromatic carbocycles. The van der Waals surface area contributed by atoms with Crippen molar-refractivity contribution in [1.82, 2.24) is 0 Å². The molecule has 0 saturated carbocycles. The van der Waals surface area contributed by atoms with Gasteiger partial charge in [-0.3, -0.25) is 0 Å². The molecule has 0 atom stereocenters. The second-order valence-electron chi connectivity index (χ2n) is 7.34. The molecule has 2 heteroatoms. The maximum Gasteiger partial charge on any atom is 0.128 e. The predicted molar refractivity (Wildman–Crippen MR) is 109 cm³/mol. The van der Waals surface area contributed by atoms with Gasteiger partial charge in [0.25, 0.3) is 0 Å². The number of ether oxygens (including phenoxy) is 1. The van der Waals surface area contributed by atoms with E-state index in [1.165, 1.54) is 58.7 Å². The summed E-state index contributed by atoms with van der Waals surface area (Å²) in [5.41, 5.74) is 3.93. The third-order valence-corrected chi connectivity index (χ3v) is 5.64. The van der Waals surface area contributed by atoms with Crippen LogP contribution in [0.5, 0.6) is 5.75 Å². The van der Waals surface area contributed by atoms with Gasteiger partial charge in [0.2, 0.25) is 0 Å². The molecule has 0 spiro atoms. The highest BCUT2D eigenvalue weighted by molar-refractivity contribution is 6.11. The molecule has 1 aliphatic carbocycles. The molecule has 0 aliphatic heterocycles. The van der Waals surface area contributed by atoms with Crippen LogP contribution in [0, 0.1) is 5.82 Å². The molecule has 1 nitrogen and oxygen atoms in total. The van der Waals surface area contributed by atoms with E-state index in [9.17, 15) is 4.39 Å². The lowest BCUT2D eigenvalue weighted by molar-refractivity contribution is 0.310. The van der Waals surface area contributed by atoms with Crippen LogP contribution in [0.25, 0.3) is 21.5 Å². The van der Waals surface area contributed by atoms with Crippen LogP contribution in [0.3, 0.4) is 0 Å². The van der Waals surface area contributed by atoms with Crippen molar-refractivity contribution in [2.75, 3.05) is 0 Å². The number of hydrogen-bond donors (Lipinski definition) is 0. The van der Waals surface area contributed by atoms with E-state index in [4.69, 9.17) is 4.74 Å². The monoisotopic (exact) mass is 356 g/mol. The molecule has 0 radical (unpaired) electrons. The van der Waals surface area contributed by atoms with Crippen molar-refractivity contribution in [3.63, 3.8) is 0 Å². The number of benzene rings is 4. The van der Waals surface area contributed by atoms with Gasteiger partial charge in [0.15, 0.2) is 0 Å². The molecular weight excluding hydrogens is 335 g/mol. The van der Waals surface area contributed by atoms with Crippen LogP contribution in [0.15, 0.2) is 66.7 Å². The lowest BCUT2D eigenvalue weighted by atomic mass is 9.86. The lowest BCUT2D eigenvalue weighted by Gasteiger charge is -2.20. The van der Waals surface area contributed by atoms with Gasteiger partial charge in [0, 0.05) is 5.39 Å². The SMILES string of the molecule is Fc1ccc(COc2cc3c4c(ccc3c3ccccc23)CCCC4)cc1. The third-order valence-electron chi connectivity index (χ3n) is 5.64. The second-order valence-corrected chi connectivity index (χ2v) is 7.34. The van der Waals surface area contributed by atoms with E-state index in [-0.39, 0.29) is 5.82 Å². The number of hydrogen-bond acceptors (Lipinski definition) is 1. The standard InChI is InChI=1S/C25H21FO/c26-19-12-9-17(10-13-19)16-27-25-15-24-20-6-2-1-5-18(20)11-14-22(24)21-7-3-4-8-23(21)25/h3-4,7-15H,1-2,5-6,16H2. The summed E-state index contributed by atoms with van der Waals surface area (Å²) in [6, 6.07) is 21.7. The lowest BCUT2D eigenvalue weighted by Crippen LogP contribution is -2.04. The largest absolute Gasteiger partial charge is 0.488 e. The smallest absolute Gasteiger partial charge is 0.128 e. The summed E-state index contributed by atoms with van der Waals surface area (Å²) in [4.78, 5) is 0. The Morgan fingerprint density at radius 2 is 1.48 bits per heavy atom. The average molecular weight is 356 g/mol. The van der Waals surface area contributed by atoms with E-state index in [1.54, 1.807) is 12.1 Å². The molecule has 0 aromatic heterocycles. The van der Waals surface area contributed by atoms with Gasteiger partial charge in [-0.25, -0.2) is 4.39 Å². The van der Waals surface area contributed by atoms with Crippen LogP contribution in [0.1, 0.15) is 29.5 Å². The summed E-state index contributed by atoms with van der Waals surface area (Å²) in [6.45, 7) is 0.435. The van der Waals surface area contributed by atoms with Crippen molar-refractivity contribution in [3.8, 4) is 5.75 Å². The summed E-state index contributed by atoms with van der Waals surface area (Å²) < 4.78 is 19.4. The molecule has 0 amide bonds. The maximum absolute atomic E-state index is 13.2. The van der Waals surface area contributed by atoms with Gasteiger partial charge in [-0.1, -0.05) is 48.5 Å². The molecule has 0 bridgehead atoms. The molecule has 1 aliphatic rings. The fourth-order valence-electron chi connectivity index (χ4n) is 4.26. The fourth-order valence-corrected chi connectivity index (χ4v) is 4.26. The van der Waals surface area contributed by atoms with Crippen molar-refractivity contribution in [2.45, 2.75) is 32.3 Å². The second kappa shape index (κ2) is 6.70. The van der Waals surface area contributed by atoms with Crippen molar-refractivity contribution in [3.05, 3.63) is 89.2 Å². The summed E-state index contributed by atoms with van der Waals surface area (Å²) >= 11 is 0.